The normalized spacial score (nSPS) is 10.6. The van der Waals surface area contributed by atoms with Crippen LogP contribution in [0.4, 0.5) is 5.95 Å². The molecule has 172 valence electrons. The first kappa shape index (κ1) is 23.1. The molecule has 0 aliphatic carbocycles. The lowest BCUT2D eigenvalue weighted by atomic mass is 9.99. The van der Waals surface area contributed by atoms with Crippen LogP contribution in [0.3, 0.4) is 0 Å². The van der Waals surface area contributed by atoms with E-state index in [4.69, 9.17) is 4.74 Å². The number of hydrogen-bond donors (Lipinski definition) is 1. The van der Waals surface area contributed by atoms with Gasteiger partial charge < -0.3 is 10.1 Å². The summed E-state index contributed by atoms with van der Waals surface area (Å²) in [5, 5.41) is 21.8. The number of unbranched alkanes of at least 4 members (excludes halogenated alkanes) is 1. The molecule has 0 saturated heterocycles. The smallest absolute Gasteiger partial charge is 0.225 e. The molecule has 1 N–H and O–H groups in total. The molecule has 34 heavy (non-hydrogen) atoms. The standard InChI is InChI=1S/C28H29N5O/c1-3-4-9-27-31-32-28(30-19-21-12-16-25(34-2)17-13-21)33(27)20-22-10-14-23(15-11-22)26-8-6-5-7-24(26)18-29/h5-8,10-17H,3-4,9,19-20H2,1-2H3,(H,30,32). The zero-order valence-electron chi connectivity index (χ0n) is 19.7. The quantitative estimate of drug-likeness (QED) is 0.328. The van der Waals surface area contributed by atoms with Gasteiger partial charge in [-0.1, -0.05) is 67.9 Å². The SMILES string of the molecule is CCCCc1nnc(NCc2ccc(OC)cc2)n1Cc1ccc(-c2ccccc2C#N)cc1. The average molecular weight is 452 g/mol. The van der Waals surface area contributed by atoms with Gasteiger partial charge in [0.1, 0.15) is 11.6 Å². The Morgan fingerprint density at radius 1 is 0.941 bits per heavy atom. The molecule has 0 radical (unpaired) electrons. The fourth-order valence-corrected chi connectivity index (χ4v) is 3.88. The fourth-order valence-electron chi connectivity index (χ4n) is 3.88. The summed E-state index contributed by atoms with van der Waals surface area (Å²) in [6.07, 6.45) is 3.07. The van der Waals surface area contributed by atoms with Gasteiger partial charge in [-0.2, -0.15) is 5.26 Å². The molecule has 1 heterocycles. The number of nitriles is 1. The van der Waals surface area contributed by atoms with Crippen LogP contribution in [0.25, 0.3) is 11.1 Å². The number of methoxy groups -OCH3 is 1. The summed E-state index contributed by atoms with van der Waals surface area (Å²) in [5.41, 5.74) is 4.97. The summed E-state index contributed by atoms with van der Waals surface area (Å²) >= 11 is 0. The minimum absolute atomic E-state index is 0.653. The average Bonchev–Trinajstić information content (AvgIpc) is 3.27. The molecule has 0 spiro atoms. The van der Waals surface area contributed by atoms with E-state index in [9.17, 15) is 5.26 Å². The van der Waals surface area contributed by atoms with Crippen LogP contribution in [0, 0.1) is 11.3 Å². The third-order valence-electron chi connectivity index (χ3n) is 5.84. The zero-order chi connectivity index (χ0) is 23.8. The predicted molar refractivity (Wildman–Crippen MR) is 135 cm³/mol. The van der Waals surface area contributed by atoms with Gasteiger partial charge in [-0.25, -0.2) is 0 Å². The van der Waals surface area contributed by atoms with Crippen molar-refractivity contribution >= 4 is 5.95 Å². The van der Waals surface area contributed by atoms with E-state index >= 15 is 0 Å². The van der Waals surface area contributed by atoms with Gasteiger partial charge in [-0.3, -0.25) is 4.57 Å². The summed E-state index contributed by atoms with van der Waals surface area (Å²) in [7, 11) is 1.67. The monoisotopic (exact) mass is 451 g/mol. The van der Waals surface area contributed by atoms with Crippen LogP contribution >= 0.6 is 0 Å². The molecule has 6 nitrogen and oxygen atoms in total. The minimum Gasteiger partial charge on any atom is -0.497 e. The summed E-state index contributed by atoms with van der Waals surface area (Å²) in [6, 6.07) is 26.3. The molecule has 1 aromatic heterocycles. The topological polar surface area (TPSA) is 75.8 Å². The van der Waals surface area contributed by atoms with Crippen LogP contribution < -0.4 is 10.1 Å². The third kappa shape index (κ3) is 5.44. The number of benzene rings is 3. The number of anilines is 1. The maximum absolute atomic E-state index is 9.42. The first-order valence-corrected chi connectivity index (χ1v) is 11.6. The Hall–Kier alpha value is -4.11. The van der Waals surface area contributed by atoms with E-state index in [1.807, 2.05) is 48.5 Å². The van der Waals surface area contributed by atoms with Gasteiger partial charge in [0.25, 0.3) is 0 Å². The molecular formula is C28H29N5O. The van der Waals surface area contributed by atoms with Crippen LogP contribution in [-0.2, 0) is 19.5 Å². The number of hydrogen-bond acceptors (Lipinski definition) is 5. The molecule has 0 bridgehead atoms. The van der Waals surface area contributed by atoms with Crippen molar-refractivity contribution in [1.29, 1.82) is 5.26 Å². The summed E-state index contributed by atoms with van der Waals surface area (Å²) in [4.78, 5) is 0. The second-order valence-corrected chi connectivity index (χ2v) is 8.19. The van der Waals surface area contributed by atoms with E-state index < -0.39 is 0 Å². The van der Waals surface area contributed by atoms with Crippen LogP contribution in [0.1, 0.15) is 42.3 Å². The number of rotatable bonds is 10. The predicted octanol–water partition coefficient (Wildman–Crippen LogP) is 5.83. The fraction of sp³-hybridized carbons (Fsp3) is 0.250. The van der Waals surface area contributed by atoms with E-state index in [2.05, 4.69) is 57.3 Å². The molecular weight excluding hydrogens is 422 g/mol. The number of nitrogens with zero attached hydrogens (tertiary/aromatic N) is 4. The highest BCUT2D eigenvalue weighted by molar-refractivity contribution is 5.70. The molecule has 6 heteroatoms. The molecule has 0 amide bonds. The van der Waals surface area contributed by atoms with Crippen molar-refractivity contribution in [3.8, 4) is 22.9 Å². The van der Waals surface area contributed by atoms with Crippen LogP contribution in [0.15, 0.2) is 72.8 Å². The molecule has 0 saturated carbocycles. The van der Waals surface area contributed by atoms with Crippen molar-refractivity contribution in [2.75, 3.05) is 12.4 Å². The summed E-state index contributed by atoms with van der Waals surface area (Å²) < 4.78 is 7.41. The van der Waals surface area contributed by atoms with E-state index in [0.29, 0.717) is 18.7 Å². The van der Waals surface area contributed by atoms with Crippen LogP contribution in [0.5, 0.6) is 5.75 Å². The highest BCUT2D eigenvalue weighted by Crippen LogP contribution is 2.24. The Morgan fingerprint density at radius 3 is 2.38 bits per heavy atom. The van der Waals surface area contributed by atoms with Crippen molar-refractivity contribution in [1.82, 2.24) is 14.8 Å². The second kappa shape index (κ2) is 11.2. The minimum atomic E-state index is 0.653. The number of aromatic nitrogens is 3. The van der Waals surface area contributed by atoms with Crippen molar-refractivity contribution in [3.05, 3.63) is 95.3 Å². The lowest BCUT2D eigenvalue weighted by molar-refractivity contribution is 0.414. The Bertz CT molecular complexity index is 1250. The van der Waals surface area contributed by atoms with Crippen molar-refractivity contribution in [2.24, 2.45) is 0 Å². The Morgan fingerprint density at radius 2 is 1.68 bits per heavy atom. The summed E-state index contributed by atoms with van der Waals surface area (Å²) in [6.45, 7) is 3.51. The third-order valence-corrected chi connectivity index (χ3v) is 5.84. The second-order valence-electron chi connectivity index (χ2n) is 8.19. The van der Waals surface area contributed by atoms with Crippen LogP contribution in [-0.4, -0.2) is 21.9 Å². The Labute approximate surface area is 200 Å². The number of aryl methyl sites for hydroxylation is 1. The zero-order valence-corrected chi connectivity index (χ0v) is 19.7. The first-order chi connectivity index (χ1) is 16.7. The Balaban J connectivity index is 1.53. The number of ether oxygens (including phenoxy) is 1. The van der Waals surface area contributed by atoms with Gasteiger partial charge >= 0.3 is 0 Å². The lowest BCUT2D eigenvalue weighted by Crippen LogP contribution is -2.11. The van der Waals surface area contributed by atoms with Gasteiger partial charge in [-0.15, -0.1) is 10.2 Å². The summed E-state index contributed by atoms with van der Waals surface area (Å²) in [5.74, 6) is 2.59. The molecule has 0 atom stereocenters. The maximum atomic E-state index is 9.42. The molecule has 3 aromatic carbocycles. The largest absolute Gasteiger partial charge is 0.497 e. The number of nitrogens with one attached hydrogen (secondary N) is 1. The van der Waals surface area contributed by atoms with E-state index in [1.165, 1.54) is 0 Å². The van der Waals surface area contributed by atoms with Crippen molar-refractivity contribution in [3.63, 3.8) is 0 Å². The molecule has 0 aliphatic heterocycles. The van der Waals surface area contributed by atoms with Crippen LogP contribution in [0.2, 0.25) is 0 Å². The van der Waals surface area contributed by atoms with Gasteiger partial charge in [0.05, 0.1) is 25.3 Å². The van der Waals surface area contributed by atoms with Gasteiger partial charge in [0.15, 0.2) is 0 Å². The molecule has 0 unspecified atom stereocenters. The van der Waals surface area contributed by atoms with E-state index in [-0.39, 0.29) is 0 Å². The van der Waals surface area contributed by atoms with Gasteiger partial charge in [0, 0.05) is 13.0 Å². The lowest BCUT2D eigenvalue weighted by Gasteiger charge is -2.13. The maximum Gasteiger partial charge on any atom is 0.225 e. The molecule has 4 aromatic rings. The van der Waals surface area contributed by atoms with Crippen molar-refractivity contribution < 1.29 is 4.74 Å². The molecule has 4 rings (SSSR count). The van der Waals surface area contributed by atoms with E-state index in [0.717, 1.165) is 59.0 Å². The first-order valence-electron chi connectivity index (χ1n) is 11.6. The Kier molecular flexibility index (Phi) is 7.56. The highest BCUT2D eigenvalue weighted by atomic mass is 16.5. The van der Waals surface area contributed by atoms with Gasteiger partial charge in [0.2, 0.25) is 5.95 Å². The molecule has 0 aliphatic rings. The van der Waals surface area contributed by atoms with Crippen molar-refractivity contribution in [2.45, 2.75) is 39.3 Å². The highest BCUT2D eigenvalue weighted by Gasteiger charge is 2.13. The molecule has 0 fully saturated rings. The van der Waals surface area contributed by atoms with E-state index in [1.54, 1.807) is 7.11 Å². The van der Waals surface area contributed by atoms with Gasteiger partial charge in [-0.05, 0) is 46.9 Å².